The van der Waals surface area contributed by atoms with Crippen LogP contribution in [0.5, 0.6) is 0 Å². The molecule has 0 unspecified atom stereocenters. The molecule has 1 aromatic heterocycles. The van der Waals surface area contributed by atoms with Gasteiger partial charge in [0.2, 0.25) is 5.91 Å². The third kappa shape index (κ3) is 3.05. The van der Waals surface area contributed by atoms with Gasteiger partial charge in [0, 0.05) is 16.3 Å². The van der Waals surface area contributed by atoms with Gasteiger partial charge in [-0.25, -0.2) is 4.98 Å². The normalized spacial score (nSPS) is 13.3. The summed E-state index contributed by atoms with van der Waals surface area (Å²) in [6.07, 6.45) is 0. The lowest BCUT2D eigenvalue weighted by molar-refractivity contribution is -0.113. The van der Waals surface area contributed by atoms with E-state index in [1.54, 1.807) is 18.2 Å². The predicted molar refractivity (Wildman–Crippen MR) is 82.7 cm³/mol. The first-order valence-electron chi connectivity index (χ1n) is 6.43. The molecule has 2 aromatic rings. The van der Waals surface area contributed by atoms with Crippen molar-refractivity contribution in [2.45, 2.75) is 11.8 Å². The lowest BCUT2D eigenvalue weighted by Gasteiger charge is -2.17. The Hall–Kier alpha value is -2.34. The monoisotopic (exact) mass is 299 g/mol. The molecule has 2 heterocycles. The second-order valence-electron chi connectivity index (χ2n) is 4.67. The topological polar surface area (TPSA) is 71.1 Å². The molecule has 0 fully saturated rings. The van der Waals surface area contributed by atoms with Crippen molar-refractivity contribution in [3.05, 3.63) is 47.8 Å². The SMILES string of the molecule is Cc1cccc(C(=O)Nc2ccc3c(c2)NC(=O)CS3)n1. The minimum absolute atomic E-state index is 0.0312. The van der Waals surface area contributed by atoms with E-state index in [1.165, 1.54) is 11.8 Å². The zero-order chi connectivity index (χ0) is 14.8. The lowest BCUT2D eigenvalue weighted by atomic mass is 10.2. The first-order valence-corrected chi connectivity index (χ1v) is 7.42. The number of carbonyl (C=O) groups is 2. The van der Waals surface area contributed by atoms with Crippen molar-refractivity contribution >= 4 is 35.0 Å². The largest absolute Gasteiger partial charge is 0.324 e. The van der Waals surface area contributed by atoms with Crippen molar-refractivity contribution in [3.8, 4) is 0 Å². The summed E-state index contributed by atoms with van der Waals surface area (Å²) in [7, 11) is 0. The Kier molecular flexibility index (Phi) is 3.62. The molecule has 0 saturated carbocycles. The highest BCUT2D eigenvalue weighted by Crippen LogP contribution is 2.33. The molecule has 5 nitrogen and oxygen atoms in total. The summed E-state index contributed by atoms with van der Waals surface area (Å²) in [5.41, 5.74) is 2.51. The van der Waals surface area contributed by atoms with Crippen LogP contribution in [0.25, 0.3) is 0 Å². The molecule has 21 heavy (non-hydrogen) atoms. The molecule has 0 spiro atoms. The Balaban J connectivity index is 1.80. The fourth-order valence-corrected chi connectivity index (χ4v) is 2.81. The van der Waals surface area contributed by atoms with E-state index in [0.717, 1.165) is 16.3 Å². The van der Waals surface area contributed by atoms with Crippen LogP contribution < -0.4 is 10.6 Å². The van der Waals surface area contributed by atoms with Gasteiger partial charge < -0.3 is 10.6 Å². The van der Waals surface area contributed by atoms with Crippen LogP contribution >= 0.6 is 11.8 Å². The van der Waals surface area contributed by atoms with Crippen LogP contribution in [-0.4, -0.2) is 22.6 Å². The van der Waals surface area contributed by atoms with Gasteiger partial charge in [-0.2, -0.15) is 0 Å². The first-order chi connectivity index (χ1) is 10.1. The van der Waals surface area contributed by atoms with Gasteiger partial charge in [-0.3, -0.25) is 9.59 Å². The maximum Gasteiger partial charge on any atom is 0.274 e. The molecule has 1 aromatic carbocycles. The number of hydrogen-bond donors (Lipinski definition) is 2. The standard InChI is InChI=1S/C15H13N3O2S/c1-9-3-2-4-11(16-9)15(20)17-10-5-6-13-12(7-10)18-14(19)8-21-13/h2-7H,8H2,1H3,(H,17,20)(H,18,19). The van der Waals surface area contributed by atoms with Crippen molar-refractivity contribution in [2.75, 3.05) is 16.4 Å². The summed E-state index contributed by atoms with van der Waals surface area (Å²) < 4.78 is 0. The molecule has 1 aliphatic heterocycles. The number of hydrogen-bond acceptors (Lipinski definition) is 4. The zero-order valence-corrected chi connectivity index (χ0v) is 12.2. The van der Waals surface area contributed by atoms with Crippen molar-refractivity contribution in [1.29, 1.82) is 0 Å². The average molecular weight is 299 g/mol. The van der Waals surface area contributed by atoms with Gasteiger partial charge in [-0.05, 0) is 37.3 Å². The number of pyridine rings is 1. The summed E-state index contributed by atoms with van der Waals surface area (Å²) >= 11 is 1.49. The molecule has 0 aliphatic carbocycles. The minimum Gasteiger partial charge on any atom is -0.324 e. The third-order valence-electron chi connectivity index (χ3n) is 2.99. The second kappa shape index (κ2) is 5.57. The quantitative estimate of drug-likeness (QED) is 0.894. The van der Waals surface area contributed by atoms with Gasteiger partial charge in [0.25, 0.3) is 5.91 Å². The Labute approximate surface area is 126 Å². The van der Waals surface area contributed by atoms with Crippen molar-refractivity contribution in [3.63, 3.8) is 0 Å². The molecule has 3 rings (SSSR count). The molecule has 2 amide bonds. The highest BCUT2D eigenvalue weighted by Gasteiger charge is 2.16. The van der Waals surface area contributed by atoms with E-state index in [0.29, 0.717) is 17.1 Å². The fourth-order valence-electron chi connectivity index (χ4n) is 2.03. The number of fused-ring (bicyclic) bond motifs is 1. The maximum absolute atomic E-state index is 12.1. The van der Waals surface area contributed by atoms with E-state index in [2.05, 4.69) is 15.6 Å². The number of carbonyl (C=O) groups excluding carboxylic acids is 2. The fraction of sp³-hybridized carbons (Fsp3) is 0.133. The van der Waals surface area contributed by atoms with Gasteiger partial charge in [-0.15, -0.1) is 11.8 Å². The smallest absolute Gasteiger partial charge is 0.274 e. The molecule has 1 aliphatic rings. The van der Waals surface area contributed by atoms with E-state index in [4.69, 9.17) is 0 Å². The summed E-state index contributed by atoms with van der Waals surface area (Å²) in [6.45, 7) is 1.84. The second-order valence-corrected chi connectivity index (χ2v) is 5.68. The van der Waals surface area contributed by atoms with E-state index < -0.39 is 0 Å². The van der Waals surface area contributed by atoms with E-state index in [1.807, 2.05) is 25.1 Å². The maximum atomic E-state index is 12.1. The van der Waals surface area contributed by atoms with Crippen LogP contribution in [0.2, 0.25) is 0 Å². The average Bonchev–Trinajstić information content (AvgIpc) is 2.46. The summed E-state index contributed by atoms with van der Waals surface area (Å²) in [6, 6.07) is 10.8. The number of nitrogens with zero attached hydrogens (tertiary/aromatic N) is 1. The van der Waals surface area contributed by atoms with Crippen molar-refractivity contribution in [2.24, 2.45) is 0 Å². The Morgan fingerprint density at radius 1 is 1.33 bits per heavy atom. The highest BCUT2D eigenvalue weighted by molar-refractivity contribution is 8.00. The molecule has 0 saturated heterocycles. The molecule has 0 radical (unpaired) electrons. The number of aryl methyl sites for hydroxylation is 1. The molecule has 0 atom stereocenters. The van der Waals surface area contributed by atoms with Gasteiger partial charge in [0.1, 0.15) is 5.69 Å². The molecule has 2 N–H and O–H groups in total. The number of benzene rings is 1. The van der Waals surface area contributed by atoms with E-state index in [-0.39, 0.29) is 11.8 Å². The Morgan fingerprint density at radius 2 is 2.19 bits per heavy atom. The molecule has 0 bridgehead atoms. The van der Waals surface area contributed by atoms with Crippen LogP contribution in [0, 0.1) is 6.92 Å². The minimum atomic E-state index is -0.270. The molecular formula is C15H13N3O2S. The number of rotatable bonds is 2. The van der Waals surface area contributed by atoms with Crippen molar-refractivity contribution < 1.29 is 9.59 Å². The van der Waals surface area contributed by atoms with Crippen molar-refractivity contribution in [1.82, 2.24) is 4.98 Å². The van der Waals surface area contributed by atoms with Gasteiger partial charge in [0.15, 0.2) is 0 Å². The molecular weight excluding hydrogens is 286 g/mol. The number of nitrogens with one attached hydrogen (secondary N) is 2. The summed E-state index contributed by atoms with van der Waals surface area (Å²) in [5, 5.41) is 5.58. The lowest BCUT2D eigenvalue weighted by Crippen LogP contribution is -2.19. The zero-order valence-electron chi connectivity index (χ0n) is 11.3. The third-order valence-corrected chi connectivity index (χ3v) is 4.06. The molecule has 6 heteroatoms. The van der Waals surface area contributed by atoms with Crippen LogP contribution in [0.3, 0.4) is 0 Å². The number of thioether (sulfide) groups is 1. The molecule has 106 valence electrons. The van der Waals surface area contributed by atoms with Gasteiger partial charge in [-0.1, -0.05) is 6.07 Å². The van der Waals surface area contributed by atoms with E-state index >= 15 is 0 Å². The highest BCUT2D eigenvalue weighted by atomic mass is 32.2. The van der Waals surface area contributed by atoms with Crippen LogP contribution in [0.4, 0.5) is 11.4 Å². The summed E-state index contributed by atoms with van der Waals surface area (Å²) in [5.74, 6) is 0.121. The van der Waals surface area contributed by atoms with Crippen LogP contribution in [0.1, 0.15) is 16.2 Å². The van der Waals surface area contributed by atoms with Gasteiger partial charge >= 0.3 is 0 Å². The Morgan fingerprint density at radius 3 is 3.00 bits per heavy atom. The first kappa shape index (κ1) is 13.6. The summed E-state index contributed by atoms with van der Waals surface area (Å²) in [4.78, 5) is 28.7. The van der Waals surface area contributed by atoms with Gasteiger partial charge in [0.05, 0.1) is 11.4 Å². The number of aromatic nitrogens is 1. The Bertz CT molecular complexity index is 731. The van der Waals surface area contributed by atoms with E-state index in [9.17, 15) is 9.59 Å². The van der Waals surface area contributed by atoms with Crippen LogP contribution in [-0.2, 0) is 4.79 Å². The number of amides is 2. The predicted octanol–water partition coefficient (Wildman–Crippen LogP) is 2.69. The number of anilines is 2. The van der Waals surface area contributed by atoms with Crippen LogP contribution in [0.15, 0.2) is 41.3 Å².